The Morgan fingerprint density at radius 1 is 1.05 bits per heavy atom. The number of amides is 1. The van der Waals surface area contributed by atoms with Crippen molar-refractivity contribution in [1.29, 1.82) is 0 Å². The van der Waals surface area contributed by atoms with Crippen LogP contribution in [-0.4, -0.2) is 28.8 Å². The zero-order chi connectivity index (χ0) is 26.8. The van der Waals surface area contributed by atoms with Gasteiger partial charge in [0, 0.05) is 33.6 Å². The number of hydrogen-bond acceptors (Lipinski definition) is 4. The van der Waals surface area contributed by atoms with Crippen LogP contribution in [0.2, 0.25) is 0 Å². The van der Waals surface area contributed by atoms with E-state index in [1.54, 1.807) is 13.3 Å². The zero-order valence-electron chi connectivity index (χ0n) is 22.4. The summed E-state index contributed by atoms with van der Waals surface area (Å²) in [5, 5.41) is 6.33. The Morgan fingerprint density at radius 2 is 1.79 bits per heavy atom. The van der Waals surface area contributed by atoms with Crippen molar-refractivity contribution < 1.29 is 9.53 Å². The van der Waals surface area contributed by atoms with Gasteiger partial charge in [-0.3, -0.25) is 4.79 Å². The minimum atomic E-state index is -0.283. The van der Waals surface area contributed by atoms with Gasteiger partial charge in [0.15, 0.2) is 0 Å². The molecule has 2 aromatic heterocycles. The molecule has 2 heterocycles. The van der Waals surface area contributed by atoms with Gasteiger partial charge in [-0.25, -0.2) is 10.4 Å². The van der Waals surface area contributed by atoms with Crippen molar-refractivity contribution in [2.45, 2.75) is 40.2 Å². The molecular weight excluding hydrogens is 472 g/mol. The van der Waals surface area contributed by atoms with E-state index in [4.69, 9.17) is 9.72 Å². The summed E-state index contributed by atoms with van der Waals surface area (Å²) >= 11 is 0. The fourth-order valence-electron chi connectivity index (χ4n) is 5.07. The maximum absolute atomic E-state index is 13.4. The first kappa shape index (κ1) is 25.2. The second-order valence-electron chi connectivity index (χ2n) is 9.60. The summed E-state index contributed by atoms with van der Waals surface area (Å²) in [7, 11) is 1.64. The Balaban J connectivity index is 1.50. The number of aryl methyl sites for hydroxylation is 1. The fourth-order valence-corrected chi connectivity index (χ4v) is 5.07. The Morgan fingerprint density at radius 3 is 2.53 bits per heavy atom. The number of fused-ring (bicyclic) bond motifs is 2. The summed E-state index contributed by atoms with van der Waals surface area (Å²) in [5.41, 5.74) is 10.2. The van der Waals surface area contributed by atoms with Gasteiger partial charge in [-0.2, -0.15) is 5.10 Å². The van der Waals surface area contributed by atoms with Crippen molar-refractivity contribution in [3.05, 3.63) is 95.2 Å². The highest BCUT2D eigenvalue weighted by atomic mass is 16.5. The van der Waals surface area contributed by atoms with E-state index in [0.29, 0.717) is 17.3 Å². The van der Waals surface area contributed by atoms with Crippen LogP contribution in [0.4, 0.5) is 0 Å². The summed E-state index contributed by atoms with van der Waals surface area (Å²) in [4.78, 5) is 18.2. The molecule has 0 radical (unpaired) electrons. The molecule has 6 nitrogen and oxygen atoms in total. The molecule has 0 aliphatic carbocycles. The Labute approximate surface area is 223 Å². The number of rotatable bonds is 7. The number of hydrazone groups is 1. The van der Waals surface area contributed by atoms with E-state index < -0.39 is 0 Å². The lowest BCUT2D eigenvalue weighted by molar-refractivity contribution is 0.0956. The van der Waals surface area contributed by atoms with Crippen molar-refractivity contribution in [2.75, 3.05) is 7.11 Å². The Kier molecular flexibility index (Phi) is 6.97. The van der Waals surface area contributed by atoms with Crippen LogP contribution in [0.15, 0.2) is 77.9 Å². The molecule has 38 heavy (non-hydrogen) atoms. The summed E-state index contributed by atoms with van der Waals surface area (Å²) in [5.74, 6) is 0.483. The molecule has 192 valence electrons. The average molecular weight is 505 g/mol. The number of aromatic nitrogens is 2. The van der Waals surface area contributed by atoms with Gasteiger partial charge < -0.3 is 9.30 Å². The van der Waals surface area contributed by atoms with Crippen LogP contribution in [0, 0.1) is 13.8 Å². The third kappa shape index (κ3) is 4.54. The molecule has 0 aliphatic heterocycles. The number of para-hydroxylation sites is 2. The maximum atomic E-state index is 13.4. The van der Waals surface area contributed by atoms with E-state index in [1.165, 1.54) is 11.1 Å². The van der Waals surface area contributed by atoms with E-state index >= 15 is 0 Å². The molecule has 3 aromatic carbocycles. The highest BCUT2D eigenvalue weighted by Crippen LogP contribution is 2.31. The number of carbonyl (C=O) groups excluding carboxylic acids is 1. The minimum Gasteiger partial charge on any atom is -0.497 e. The minimum absolute atomic E-state index is 0.283. The topological polar surface area (TPSA) is 68.5 Å². The van der Waals surface area contributed by atoms with Crippen LogP contribution < -0.4 is 10.2 Å². The van der Waals surface area contributed by atoms with E-state index in [9.17, 15) is 4.79 Å². The number of benzene rings is 3. The largest absolute Gasteiger partial charge is 0.497 e. The van der Waals surface area contributed by atoms with Crippen LogP contribution in [-0.2, 0) is 0 Å². The van der Waals surface area contributed by atoms with Gasteiger partial charge in [-0.15, -0.1) is 0 Å². The van der Waals surface area contributed by atoms with Crippen LogP contribution >= 0.6 is 0 Å². The van der Waals surface area contributed by atoms with Crippen molar-refractivity contribution in [2.24, 2.45) is 5.10 Å². The molecule has 0 spiro atoms. The number of carbonyl (C=O) groups is 1. The predicted octanol–water partition coefficient (Wildman–Crippen LogP) is 7.22. The van der Waals surface area contributed by atoms with Crippen LogP contribution in [0.25, 0.3) is 33.1 Å². The van der Waals surface area contributed by atoms with Gasteiger partial charge >= 0.3 is 0 Å². The molecule has 5 aromatic rings. The van der Waals surface area contributed by atoms with Gasteiger partial charge in [0.05, 0.1) is 35.6 Å². The van der Waals surface area contributed by atoms with Gasteiger partial charge in [0.25, 0.3) is 5.91 Å². The highest BCUT2D eigenvalue weighted by molar-refractivity contribution is 6.08. The second-order valence-corrected chi connectivity index (χ2v) is 9.60. The third-order valence-electron chi connectivity index (χ3n) is 7.26. The normalized spacial score (nSPS) is 12.3. The van der Waals surface area contributed by atoms with Gasteiger partial charge in [-0.1, -0.05) is 43.3 Å². The predicted molar refractivity (Wildman–Crippen MR) is 155 cm³/mol. The first-order valence-corrected chi connectivity index (χ1v) is 12.9. The SMILES string of the molecule is CC[C@H](C)n1c(C)c(/C=N/NC(=O)c2cc(-c3ccc(OC)cc3)nc3ccccc23)c2cccc(C)c21. The lowest BCUT2D eigenvalue weighted by Gasteiger charge is -2.16. The van der Waals surface area contributed by atoms with Crippen molar-refractivity contribution in [1.82, 2.24) is 15.0 Å². The summed E-state index contributed by atoms with van der Waals surface area (Å²) < 4.78 is 7.66. The van der Waals surface area contributed by atoms with E-state index in [0.717, 1.165) is 45.3 Å². The summed E-state index contributed by atoms with van der Waals surface area (Å²) in [6, 6.07) is 23.8. The Hall–Kier alpha value is -4.45. The lowest BCUT2D eigenvalue weighted by Crippen LogP contribution is -2.18. The third-order valence-corrected chi connectivity index (χ3v) is 7.26. The van der Waals surface area contributed by atoms with Crippen molar-refractivity contribution in [3.63, 3.8) is 0 Å². The van der Waals surface area contributed by atoms with Crippen LogP contribution in [0.5, 0.6) is 5.75 Å². The van der Waals surface area contributed by atoms with Crippen molar-refractivity contribution in [3.8, 4) is 17.0 Å². The van der Waals surface area contributed by atoms with Crippen LogP contribution in [0.3, 0.4) is 0 Å². The first-order valence-electron chi connectivity index (χ1n) is 12.9. The number of nitrogens with one attached hydrogen (secondary N) is 1. The van der Waals surface area contributed by atoms with Gasteiger partial charge in [-0.05, 0) is 69.2 Å². The zero-order valence-corrected chi connectivity index (χ0v) is 22.4. The Bertz CT molecular complexity index is 1670. The number of methoxy groups -OCH3 is 1. The number of nitrogens with zero attached hydrogens (tertiary/aromatic N) is 3. The number of ether oxygens (including phenoxy) is 1. The fraction of sp³-hybridized carbons (Fsp3) is 0.219. The molecule has 5 rings (SSSR count). The lowest BCUT2D eigenvalue weighted by atomic mass is 10.0. The second kappa shape index (κ2) is 10.5. The first-order chi connectivity index (χ1) is 18.4. The van der Waals surface area contributed by atoms with E-state index in [2.05, 4.69) is 61.0 Å². The molecule has 0 unspecified atom stereocenters. The average Bonchev–Trinajstić information content (AvgIpc) is 3.24. The smallest absolute Gasteiger partial charge is 0.272 e. The number of pyridine rings is 1. The molecule has 0 bridgehead atoms. The molecule has 6 heteroatoms. The molecular formula is C32H32N4O2. The van der Waals surface area contributed by atoms with Crippen molar-refractivity contribution >= 4 is 33.9 Å². The van der Waals surface area contributed by atoms with Gasteiger partial charge in [0.2, 0.25) is 0 Å². The molecule has 1 amide bonds. The molecule has 0 saturated heterocycles. The quantitative estimate of drug-likeness (QED) is 0.188. The highest BCUT2D eigenvalue weighted by Gasteiger charge is 2.18. The molecule has 0 aliphatic rings. The molecule has 0 fully saturated rings. The standard InChI is InChI=1S/C32H32N4O2/c1-6-21(3)36-22(4)28(26-12-9-10-20(2)31(26)36)19-33-35-32(37)27-18-30(23-14-16-24(38-5)17-15-23)34-29-13-8-7-11-25(27)29/h7-19,21H,6H2,1-5H3,(H,35,37)/b33-19+/t21-/m0/s1. The van der Waals surface area contributed by atoms with Gasteiger partial charge in [0.1, 0.15) is 5.75 Å². The number of hydrogen-bond donors (Lipinski definition) is 1. The molecule has 0 saturated carbocycles. The van der Waals surface area contributed by atoms with E-state index in [1.807, 2.05) is 54.6 Å². The van der Waals surface area contributed by atoms with E-state index in [-0.39, 0.29) is 5.91 Å². The summed E-state index contributed by atoms with van der Waals surface area (Å²) in [6.45, 7) is 8.68. The summed E-state index contributed by atoms with van der Waals surface area (Å²) in [6.07, 6.45) is 2.79. The monoisotopic (exact) mass is 504 g/mol. The molecule has 1 atom stereocenters. The maximum Gasteiger partial charge on any atom is 0.272 e. The molecule has 1 N–H and O–H groups in total. The van der Waals surface area contributed by atoms with Crippen LogP contribution in [0.1, 0.15) is 53.5 Å².